The Labute approximate surface area is 53.7 Å². The second kappa shape index (κ2) is 0.671. The lowest BCUT2D eigenvalue weighted by atomic mass is 10.1. The zero-order valence-electron chi connectivity index (χ0n) is 5.13. The highest BCUT2D eigenvalue weighted by Gasteiger charge is 2.93. The molecular formula is C8H8O. The summed E-state index contributed by atoms with van der Waals surface area (Å²) in [6, 6.07) is 0. The summed E-state index contributed by atoms with van der Waals surface area (Å²) in [7, 11) is 0. The molecule has 3 fully saturated rings. The van der Waals surface area contributed by atoms with Crippen LogP contribution < -0.4 is 0 Å². The molecular weight excluding hydrogens is 112 g/mol. The van der Waals surface area contributed by atoms with Gasteiger partial charge in [-0.1, -0.05) is 12.2 Å². The van der Waals surface area contributed by atoms with E-state index in [2.05, 4.69) is 12.2 Å². The highest BCUT2D eigenvalue weighted by atomic mass is 16.5. The maximum atomic E-state index is 5.67. The third-order valence-electron chi connectivity index (χ3n) is 3.85. The molecule has 9 heavy (non-hydrogen) atoms. The summed E-state index contributed by atoms with van der Waals surface area (Å²) in [4.78, 5) is 0. The van der Waals surface area contributed by atoms with Gasteiger partial charge >= 0.3 is 0 Å². The number of hydrogen-bond donors (Lipinski definition) is 0. The van der Waals surface area contributed by atoms with Crippen molar-refractivity contribution in [3.8, 4) is 0 Å². The smallest absolute Gasteiger partial charge is 0.0828 e. The molecule has 2 bridgehead atoms. The molecule has 0 spiro atoms. The summed E-state index contributed by atoms with van der Waals surface area (Å²) in [5, 5.41) is 0. The Kier molecular flexibility index (Phi) is 0.281. The van der Waals surface area contributed by atoms with E-state index in [4.69, 9.17) is 4.74 Å². The van der Waals surface area contributed by atoms with E-state index < -0.39 is 0 Å². The van der Waals surface area contributed by atoms with Crippen LogP contribution >= 0.6 is 0 Å². The van der Waals surface area contributed by atoms with E-state index in [1.54, 1.807) is 0 Å². The lowest BCUT2D eigenvalue weighted by molar-refractivity contribution is 0.0328. The molecule has 2 unspecified atom stereocenters. The largest absolute Gasteiger partial charge is 0.366 e. The van der Waals surface area contributed by atoms with Crippen LogP contribution in [0.5, 0.6) is 0 Å². The summed E-state index contributed by atoms with van der Waals surface area (Å²) in [5.74, 6) is 0. The van der Waals surface area contributed by atoms with Crippen molar-refractivity contribution in [2.45, 2.75) is 25.0 Å². The number of ether oxygens (including phenoxy) is 1. The van der Waals surface area contributed by atoms with Gasteiger partial charge in [-0.3, -0.25) is 0 Å². The van der Waals surface area contributed by atoms with Crippen LogP contribution in [0.25, 0.3) is 0 Å². The Hall–Kier alpha value is -0.300. The van der Waals surface area contributed by atoms with Crippen LogP contribution in [0.15, 0.2) is 12.2 Å². The monoisotopic (exact) mass is 120 g/mol. The first-order chi connectivity index (χ1) is 4.37. The van der Waals surface area contributed by atoms with Crippen LogP contribution in [0.4, 0.5) is 0 Å². The molecule has 1 nitrogen and oxygen atoms in total. The maximum Gasteiger partial charge on any atom is 0.0828 e. The SMILES string of the molecule is C1=CC2OC1C13CC21C3. The lowest BCUT2D eigenvalue weighted by Crippen LogP contribution is -2.17. The molecule has 2 saturated carbocycles. The van der Waals surface area contributed by atoms with Gasteiger partial charge in [-0.15, -0.1) is 0 Å². The Bertz CT molecular complexity index is 213. The first-order valence-electron chi connectivity index (χ1n) is 3.71. The maximum absolute atomic E-state index is 5.67. The fourth-order valence-corrected chi connectivity index (χ4v) is 3.03. The molecule has 0 amide bonds. The topological polar surface area (TPSA) is 9.23 Å². The second-order valence-electron chi connectivity index (χ2n) is 4.03. The van der Waals surface area contributed by atoms with Gasteiger partial charge < -0.3 is 4.74 Å². The normalized spacial score (nSPS) is 78.2. The molecule has 0 radical (unpaired) electrons. The van der Waals surface area contributed by atoms with Crippen LogP contribution in [0.2, 0.25) is 0 Å². The average Bonchev–Trinajstić information content (AvgIpc) is 2.51. The Morgan fingerprint density at radius 3 is 2.00 bits per heavy atom. The third kappa shape index (κ3) is 0.176. The van der Waals surface area contributed by atoms with Gasteiger partial charge in [-0.25, -0.2) is 0 Å². The van der Waals surface area contributed by atoms with Gasteiger partial charge in [0.05, 0.1) is 12.2 Å². The molecule has 2 aliphatic heterocycles. The fraction of sp³-hybridized carbons (Fsp3) is 0.750. The van der Waals surface area contributed by atoms with Gasteiger partial charge in [0.15, 0.2) is 0 Å². The van der Waals surface area contributed by atoms with Crippen molar-refractivity contribution in [3.05, 3.63) is 12.2 Å². The highest BCUT2D eigenvalue weighted by molar-refractivity contribution is 5.47. The molecule has 0 aromatic heterocycles. The van der Waals surface area contributed by atoms with E-state index in [-0.39, 0.29) is 0 Å². The molecule has 2 aliphatic carbocycles. The molecule has 0 N–H and O–H groups in total. The van der Waals surface area contributed by atoms with E-state index in [9.17, 15) is 0 Å². The summed E-state index contributed by atoms with van der Waals surface area (Å²) in [6.07, 6.45) is 8.57. The molecule has 2 atom stereocenters. The number of fused-ring (bicyclic) bond motifs is 2. The quantitative estimate of drug-likeness (QED) is 0.435. The van der Waals surface area contributed by atoms with Crippen molar-refractivity contribution in [2.24, 2.45) is 10.8 Å². The van der Waals surface area contributed by atoms with E-state index >= 15 is 0 Å². The van der Waals surface area contributed by atoms with Gasteiger partial charge in [0.1, 0.15) is 0 Å². The van der Waals surface area contributed by atoms with Gasteiger partial charge in [0.25, 0.3) is 0 Å². The fourth-order valence-electron chi connectivity index (χ4n) is 3.03. The van der Waals surface area contributed by atoms with Gasteiger partial charge in [0.2, 0.25) is 0 Å². The Morgan fingerprint density at radius 1 is 1.11 bits per heavy atom. The molecule has 0 aromatic carbocycles. The van der Waals surface area contributed by atoms with Crippen molar-refractivity contribution in [2.75, 3.05) is 0 Å². The summed E-state index contributed by atoms with van der Waals surface area (Å²) in [5.41, 5.74) is 1.43. The lowest BCUT2D eigenvalue weighted by Gasteiger charge is -2.16. The summed E-state index contributed by atoms with van der Waals surface area (Å²) >= 11 is 0. The van der Waals surface area contributed by atoms with Crippen LogP contribution in [-0.2, 0) is 4.74 Å². The molecule has 2 heterocycles. The second-order valence-corrected chi connectivity index (χ2v) is 4.03. The standard InChI is InChI=1S/C8H8O/c1-2-6-8-3-7(8,4-8)5(1)9-6/h1-2,5-6H,3-4H2. The minimum atomic E-state index is 0.544. The van der Waals surface area contributed by atoms with Crippen LogP contribution in [0.1, 0.15) is 12.8 Å². The summed E-state index contributed by atoms with van der Waals surface area (Å²) in [6.45, 7) is 0. The van der Waals surface area contributed by atoms with Crippen LogP contribution in [0.3, 0.4) is 0 Å². The zero-order valence-corrected chi connectivity index (χ0v) is 5.13. The molecule has 4 aliphatic rings. The Morgan fingerprint density at radius 2 is 1.67 bits per heavy atom. The van der Waals surface area contributed by atoms with E-state index in [0.717, 1.165) is 0 Å². The Balaban J connectivity index is 2.07. The molecule has 46 valence electrons. The predicted molar refractivity (Wildman–Crippen MR) is 31.9 cm³/mol. The van der Waals surface area contributed by atoms with Crippen molar-refractivity contribution < 1.29 is 4.74 Å². The van der Waals surface area contributed by atoms with Crippen molar-refractivity contribution in [3.63, 3.8) is 0 Å². The van der Waals surface area contributed by atoms with E-state index in [0.29, 0.717) is 23.0 Å². The van der Waals surface area contributed by atoms with Gasteiger partial charge in [-0.2, -0.15) is 0 Å². The summed E-state index contributed by atoms with van der Waals surface area (Å²) < 4.78 is 5.67. The number of rotatable bonds is 0. The van der Waals surface area contributed by atoms with Crippen LogP contribution in [0, 0.1) is 10.8 Å². The van der Waals surface area contributed by atoms with Crippen molar-refractivity contribution in [1.82, 2.24) is 0 Å². The average molecular weight is 120 g/mol. The minimum absolute atomic E-state index is 0.544. The van der Waals surface area contributed by atoms with E-state index in [1.165, 1.54) is 12.8 Å². The van der Waals surface area contributed by atoms with E-state index in [1.807, 2.05) is 0 Å². The zero-order chi connectivity index (χ0) is 5.69. The highest BCUT2D eigenvalue weighted by Crippen LogP contribution is 2.94. The molecule has 1 saturated heterocycles. The van der Waals surface area contributed by atoms with Gasteiger partial charge in [0, 0.05) is 10.8 Å². The minimum Gasteiger partial charge on any atom is -0.366 e. The first-order valence-corrected chi connectivity index (χ1v) is 3.71. The van der Waals surface area contributed by atoms with Crippen molar-refractivity contribution >= 4 is 0 Å². The molecule has 1 heteroatoms. The van der Waals surface area contributed by atoms with Gasteiger partial charge in [-0.05, 0) is 12.8 Å². The van der Waals surface area contributed by atoms with Crippen molar-refractivity contribution in [1.29, 1.82) is 0 Å². The molecule has 4 rings (SSSR count). The van der Waals surface area contributed by atoms with Crippen LogP contribution in [-0.4, -0.2) is 12.2 Å². The first kappa shape index (κ1) is 3.77. The number of hydrogen-bond acceptors (Lipinski definition) is 1. The third-order valence-corrected chi connectivity index (χ3v) is 3.85. The predicted octanol–water partition coefficient (Wildman–Crippen LogP) is 1.10. The molecule has 0 aromatic rings.